The van der Waals surface area contributed by atoms with Crippen LogP contribution in [0.25, 0.3) is 0 Å². The second kappa shape index (κ2) is 17.3. The van der Waals surface area contributed by atoms with Crippen LogP contribution in [0.3, 0.4) is 0 Å². The van der Waals surface area contributed by atoms with E-state index in [1.165, 1.54) is 63.9 Å². The van der Waals surface area contributed by atoms with E-state index in [-0.39, 0.29) is 0 Å². The van der Waals surface area contributed by atoms with Gasteiger partial charge in [-0.15, -0.1) is 0 Å². The van der Waals surface area contributed by atoms with Crippen LogP contribution in [0, 0.1) is 11.3 Å². The molecule has 3 nitrogen and oxygen atoms in total. The zero-order valence-electron chi connectivity index (χ0n) is 16.6. The highest BCUT2D eigenvalue weighted by atomic mass is 16.3. The first-order valence-electron chi connectivity index (χ1n) is 9.90. The second-order valence-corrected chi connectivity index (χ2v) is 6.75. The maximum atomic E-state index is 10.0. The first-order chi connectivity index (χ1) is 12.1. The van der Waals surface area contributed by atoms with Crippen molar-refractivity contribution in [2.75, 3.05) is 14.1 Å². The molecule has 0 aliphatic carbocycles. The molecule has 1 N–H and O–H groups in total. The fraction of sp³-hybridized carbons (Fsp3) is 0.682. The van der Waals surface area contributed by atoms with Crippen LogP contribution in [-0.2, 0) is 0 Å². The molecule has 25 heavy (non-hydrogen) atoms. The molecule has 0 aliphatic rings. The van der Waals surface area contributed by atoms with Crippen molar-refractivity contribution in [3.8, 4) is 6.07 Å². The summed E-state index contributed by atoms with van der Waals surface area (Å²) in [6, 6.07) is 1.98. The van der Waals surface area contributed by atoms with E-state index >= 15 is 0 Å². The van der Waals surface area contributed by atoms with E-state index in [2.05, 4.69) is 19.1 Å². The Morgan fingerprint density at radius 3 is 1.92 bits per heavy atom. The number of unbranched alkanes of at least 4 members (excludes halogenated alkanes) is 9. The first-order valence-corrected chi connectivity index (χ1v) is 9.90. The van der Waals surface area contributed by atoms with Crippen LogP contribution in [0.2, 0.25) is 0 Å². The monoisotopic (exact) mass is 346 g/mol. The summed E-state index contributed by atoms with van der Waals surface area (Å²) >= 11 is 0. The fourth-order valence-electron chi connectivity index (χ4n) is 2.74. The topological polar surface area (TPSA) is 47.3 Å². The molecular formula is C22H38N2O. The Balaban J connectivity index is 3.56. The maximum Gasteiger partial charge on any atom is 0.112 e. The largest absolute Gasteiger partial charge is 0.383 e. The van der Waals surface area contributed by atoms with Crippen LogP contribution in [0.15, 0.2) is 36.1 Å². The Labute approximate surface area is 155 Å². The Bertz CT molecular complexity index is 430. The quantitative estimate of drug-likeness (QED) is 0.234. The summed E-state index contributed by atoms with van der Waals surface area (Å²) in [6.07, 6.45) is 23.0. The van der Waals surface area contributed by atoms with Gasteiger partial charge in [0, 0.05) is 20.2 Å². The molecule has 0 saturated carbocycles. The summed E-state index contributed by atoms with van der Waals surface area (Å²) in [5, 5.41) is 18.8. The summed E-state index contributed by atoms with van der Waals surface area (Å²) in [4.78, 5) is 1.78. The number of hydrogen-bond donors (Lipinski definition) is 1. The number of rotatable bonds is 15. The van der Waals surface area contributed by atoms with Crippen molar-refractivity contribution < 1.29 is 5.11 Å². The second-order valence-electron chi connectivity index (χ2n) is 6.75. The molecule has 0 heterocycles. The number of aliphatic hydroxyl groups is 1. The first kappa shape index (κ1) is 23.5. The summed E-state index contributed by atoms with van der Waals surface area (Å²) in [7, 11) is 3.67. The molecule has 0 radical (unpaired) electrons. The highest BCUT2D eigenvalue weighted by Crippen LogP contribution is 2.12. The van der Waals surface area contributed by atoms with Gasteiger partial charge in [0.05, 0.1) is 11.8 Å². The lowest BCUT2D eigenvalue weighted by molar-refractivity contribution is 0.223. The van der Waals surface area contributed by atoms with E-state index in [0.29, 0.717) is 5.70 Å². The molecule has 0 saturated heterocycles. The van der Waals surface area contributed by atoms with Crippen LogP contribution in [0.1, 0.15) is 77.6 Å². The summed E-state index contributed by atoms with van der Waals surface area (Å²) < 4.78 is 0. The van der Waals surface area contributed by atoms with E-state index in [9.17, 15) is 5.11 Å². The van der Waals surface area contributed by atoms with Crippen molar-refractivity contribution >= 4 is 0 Å². The molecule has 0 bridgehead atoms. The van der Waals surface area contributed by atoms with E-state index < -0.39 is 6.10 Å². The maximum absolute atomic E-state index is 10.0. The lowest BCUT2D eigenvalue weighted by Crippen LogP contribution is -2.21. The third-order valence-electron chi connectivity index (χ3n) is 4.24. The van der Waals surface area contributed by atoms with Crippen LogP contribution >= 0.6 is 0 Å². The number of aliphatic hydroxyl groups excluding tert-OH is 1. The molecule has 0 unspecified atom stereocenters. The molecule has 0 aliphatic heterocycles. The van der Waals surface area contributed by atoms with Crippen molar-refractivity contribution in [1.82, 2.24) is 4.90 Å². The highest BCUT2D eigenvalue weighted by Gasteiger charge is 2.08. The molecule has 1 atom stereocenters. The Morgan fingerprint density at radius 2 is 1.44 bits per heavy atom. The predicted octanol–water partition coefficient (Wildman–Crippen LogP) is 5.74. The standard InChI is InChI=1S/C22H38N2O/c1-4-5-6-7-8-9-10-11-12-13-14-15-16-17-18-22(25)21(19-20-23)24(2)3/h5-6,17-19,22,25H,4,7-16H2,1-3H3/b6-5-,18-17+,21-19-/t22-/m1/s1. The highest BCUT2D eigenvalue weighted by molar-refractivity contribution is 5.20. The van der Waals surface area contributed by atoms with Gasteiger partial charge in [-0.05, 0) is 32.1 Å². The zero-order valence-corrected chi connectivity index (χ0v) is 16.6. The summed E-state index contributed by atoms with van der Waals surface area (Å²) in [5.41, 5.74) is 0.629. The van der Waals surface area contributed by atoms with Crippen molar-refractivity contribution in [2.45, 2.75) is 83.7 Å². The van der Waals surface area contributed by atoms with Gasteiger partial charge in [-0.2, -0.15) is 5.26 Å². The molecule has 0 fully saturated rings. The van der Waals surface area contributed by atoms with Gasteiger partial charge < -0.3 is 10.0 Å². The van der Waals surface area contributed by atoms with Gasteiger partial charge in [0.1, 0.15) is 6.10 Å². The van der Waals surface area contributed by atoms with E-state index in [0.717, 1.165) is 12.8 Å². The van der Waals surface area contributed by atoms with Crippen molar-refractivity contribution in [2.24, 2.45) is 0 Å². The van der Waals surface area contributed by atoms with E-state index in [1.807, 2.05) is 26.2 Å². The normalized spacial score (nSPS) is 13.5. The molecular weight excluding hydrogens is 308 g/mol. The average Bonchev–Trinajstić information content (AvgIpc) is 2.59. The number of nitrogens with zero attached hydrogens (tertiary/aromatic N) is 2. The van der Waals surface area contributed by atoms with Gasteiger partial charge in [0.25, 0.3) is 0 Å². The molecule has 0 aromatic carbocycles. The number of hydrogen-bond acceptors (Lipinski definition) is 3. The smallest absolute Gasteiger partial charge is 0.112 e. The van der Waals surface area contributed by atoms with Crippen molar-refractivity contribution in [3.63, 3.8) is 0 Å². The molecule has 0 spiro atoms. The minimum Gasteiger partial charge on any atom is -0.383 e. The van der Waals surface area contributed by atoms with E-state index in [1.54, 1.807) is 11.0 Å². The third-order valence-corrected chi connectivity index (χ3v) is 4.24. The lowest BCUT2D eigenvalue weighted by atomic mass is 10.1. The van der Waals surface area contributed by atoms with Gasteiger partial charge in [0.2, 0.25) is 0 Å². The average molecular weight is 347 g/mol. The number of nitriles is 1. The molecule has 0 amide bonds. The number of likely N-dealkylation sites (N-methyl/N-ethyl adjacent to an activating group) is 1. The summed E-state index contributed by atoms with van der Waals surface area (Å²) in [6.45, 7) is 2.18. The van der Waals surface area contributed by atoms with Gasteiger partial charge in [-0.25, -0.2) is 0 Å². The molecule has 3 heteroatoms. The Hall–Kier alpha value is -1.53. The Morgan fingerprint density at radius 1 is 0.920 bits per heavy atom. The molecule has 0 aromatic heterocycles. The fourth-order valence-corrected chi connectivity index (χ4v) is 2.74. The Kier molecular flexibility index (Phi) is 16.2. The zero-order chi connectivity index (χ0) is 18.8. The number of allylic oxidation sites excluding steroid dienone is 4. The minimum absolute atomic E-state index is 0.629. The van der Waals surface area contributed by atoms with Gasteiger partial charge >= 0.3 is 0 Å². The van der Waals surface area contributed by atoms with Crippen molar-refractivity contribution in [3.05, 3.63) is 36.1 Å². The van der Waals surface area contributed by atoms with Crippen LogP contribution < -0.4 is 0 Å². The van der Waals surface area contributed by atoms with Gasteiger partial charge in [-0.3, -0.25) is 0 Å². The molecule has 142 valence electrons. The van der Waals surface area contributed by atoms with Gasteiger partial charge in [0.15, 0.2) is 0 Å². The third kappa shape index (κ3) is 14.5. The SMILES string of the molecule is CC/C=C\CCCCCCCCCC/C=C/[C@@H](O)/C(=C/C#N)N(C)C. The molecule has 0 aromatic rings. The van der Waals surface area contributed by atoms with Crippen LogP contribution in [0.4, 0.5) is 0 Å². The predicted molar refractivity (Wildman–Crippen MR) is 108 cm³/mol. The van der Waals surface area contributed by atoms with E-state index in [4.69, 9.17) is 5.26 Å². The van der Waals surface area contributed by atoms with Crippen LogP contribution in [-0.4, -0.2) is 30.2 Å². The summed E-state index contributed by atoms with van der Waals surface area (Å²) in [5.74, 6) is 0. The molecule has 0 rings (SSSR count). The van der Waals surface area contributed by atoms with Gasteiger partial charge in [-0.1, -0.05) is 69.8 Å². The minimum atomic E-state index is -0.693. The lowest BCUT2D eigenvalue weighted by Gasteiger charge is -2.19. The van der Waals surface area contributed by atoms with Crippen molar-refractivity contribution in [1.29, 1.82) is 5.26 Å². The van der Waals surface area contributed by atoms with Crippen LogP contribution in [0.5, 0.6) is 0 Å².